The number of nitrogens with one attached hydrogen (secondary N) is 3. The first-order valence-corrected chi connectivity index (χ1v) is 19.1. The molecule has 6 bridgehead atoms. The Balaban J connectivity index is 1.27. The number of rotatable bonds is 6. The van der Waals surface area contributed by atoms with E-state index in [1.54, 1.807) is 25.7 Å². The molecule has 14 nitrogen and oxygen atoms in total. The SMILES string of the molecule is C=C[C@@H]1C[C@]1(NC(=O)C1C[C@@H]2CN1C(=O)[C@H](C(C)(C)C)NC(=O)OCCC/C=C/c1cccc3c1CCN(C3)C(=O)O2)C(=O)NS(=O)(=O)C1CC1. The van der Waals surface area contributed by atoms with Gasteiger partial charge in [-0.05, 0) is 60.6 Å². The molecule has 1 aromatic carbocycles. The summed E-state index contributed by atoms with van der Waals surface area (Å²) in [4.78, 5) is 71.3. The van der Waals surface area contributed by atoms with Crippen molar-refractivity contribution in [3.05, 3.63) is 53.6 Å². The van der Waals surface area contributed by atoms with Crippen molar-refractivity contribution in [3.8, 4) is 0 Å². The number of ether oxygens (including phenoxy) is 2. The van der Waals surface area contributed by atoms with Crippen LogP contribution in [-0.4, -0.2) is 96.8 Å². The molecular weight excluding hydrogens is 678 g/mol. The largest absolute Gasteiger partial charge is 0.450 e. The fraction of sp³-hybridized carbons (Fsp3) is 0.583. The number of hydrogen-bond acceptors (Lipinski definition) is 9. The van der Waals surface area contributed by atoms with Gasteiger partial charge in [0.2, 0.25) is 21.8 Å². The van der Waals surface area contributed by atoms with E-state index in [4.69, 9.17) is 9.47 Å². The summed E-state index contributed by atoms with van der Waals surface area (Å²) in [6.07, 6.45) is 6.05. The number of amides is 5. The summed E-state index contributed by atoms with van der Waals surface area (Å²) in [6.45, 7) is 9.78. The summed E-state index contributed by atoms with van der Waals surface area (Å²) in [5.41, 5.74) is 0.801. The van der Waals surface area contributed by atoms with E-state index in [9.17, 15) is 32.4 Å². The zero-order chi connectivity index (χ0) is 36.7. The molecule has 4 heterocycles. The Bertz CT molecular complexity index is 1750. The first-order valence-electron chi connectivity index (χ1n) is 17.6. The van der Waals surface area contributed by atoms with Gasteiger partial charge in [-0.1, -0.05) is 57.2 Å². The topological polar surface area (TPSA) is 181 Å². The van der Waals surface area contributed by atoms with E-state index in [2.05, 4.69) is 21.9 Å². The Morgan fingerprint density at radius 2 is 1.92 bits per heavy atom. The highest BCUT2D eigenvalue weighted by atomic mass is 32.2. The predicted molar refractivity (Wildman–Crippen MR) is 186 cm³/mol. The molecule has 5 atom stereocenters. The highest BCUT2D eigenvalue weighted by Crippen LogP contribution is 2.45. The molecule has 7 rings (SSSR count). The number of carbonyl (C=O) groups excluding carboxylic acids is 5. The smallest absolute Gasteiger partial charge is 0.410 e. The van der Waals surface area contributed by atoms with Crippen LogP contribution in [0.5, 0.6) is 0 Å². The van der Waals surface area contributed by atoms with Gasteiger partial charge < -0.3 is 29.9 Å². The minimum absolute atomic E-state index is 0.0825. The lowest BCUT2D eigenvalue weighted by atomic mass is 9.85. The first kappa shape index (κ1) is 36.4. The Hall–Kier alpha value is -4.40. The fourth-order valence-electron chi connectivity index (χ4n) is 7.11. The van der Waals surface area contributed by atoms with Crippen LogP contribution in [0.15, 0.2) is 36.9 Å². The summed E-state index contributed by atoms with van der Waals surface area (Å²) in [5, 5.41) is 4.77. The van der Waals surface area contributed by atoms with E-state index in [1.165, 1.54) is 11.0 Å². The molecule has 2 saturated carbocycles. The Labute approximate surface area is 298 Å². The van der Waals surface area contributed by atoms with Crippen molar-refractivity contribution in [2.75, 3.05) is 19.7 Å². The van der Waals surface area contributed by atoms with Crippen molar-refractivity contribution >= 4 is 46.0 Å². The number of benzene rings is 1. The molecule has 2 aliphatic carbocycles. The second-order valence-corrected chi connectivity index (χ2v) is 17.2. The van der Waals surface area contributed by atoms with E-state index in [0.29, 0.717) is 45.2 Å². The molecule has 1 unspecified atom stereocenters. The lowest BCUT2D eigenvalue weighted by Crippen LogP contribution is -2.60. The van der Waals surface area contributed by atoms with Crippen LogP contribution in [0.2, 0.25) is 0 Å². The number of carbonyl (C=O) groups is 5. The molecule has 1 saturated heterocycles. The van der Waals surface area contributed by atoms with Gasteiger partial charge in [-0.25, -0.2) is 18.0 Å². The number of alkyl carbamates (subject to hydrolysis) is 1. The van der Waals surface area contributed by atoms with Crippen LogP contribution in [0.1, 0.15) is 76.0 Å². The molecule has 0 radical (unpaired) electrons. The van der Waals surface area contributed by atoms with Crippen molar-refractivity contribution < 1.29 is 41.9 Å². The van der Waals surface area contributed by atoms with Crippen LogP contribution in [-0.2, 0) is 46.8 Å². The van der Waals surface area contributed by atoms with Crippen molar-refractivity contribution in [1.82, 2.24) is 25.2 Å². The van der Waals surface area contributed by atoms with Gasteiger partial charge in [0.1, 0.15) is 23.7 Å². The molecule has 15 heteroatoms. The van der Waals surface area contributed by atoms with Gasteiger partial charge >= 0.3 is 12.2 Å². The van der Waals surface area contributed by atoms with Crippen LogP contribution >= 0.6 is 0 Å². The lowest BCUT2D eigenvalue weighted by Gasteiger charge is -2.35. The number of fused-ring (bicyclic) bond motifs is 10. The van der Waals surface area contributed by atoms with Gasteiger partial charge in [0.25, 0.3) is 5.91 Å². The van der Waals surface area contributed by atoms with Gasteiger partial charge in [-0.15, -0.1) is 6.58 Å². The van der Waals surface area contributed by atoms with Gasteiger partial charge in [0.05, 0.1) is 18.4 Å². The van der Waals surface area contributed by atoms with Crippen LogP contribution in [0.4, 0.5) is 9.59 Å². The quantitative estimate of drug-likeness (QED) is 0.372. The van der Waals surface area contributed by atoms with Crippen LogP contribution in [0.3, 0.4) is 0 Å². The number of sulfonamides is 1. The van der Waals surface area contributed by atoms with E-state index < -0.39 is 80.2 Å². The highest BCUT2D eigenvalue weighted by Gasteiger charge is 2.62. The number of hydrogen-bond donors (Lipinski definition) is 3. The fourth-order valence-corrected chi connectivity index (χ4v) is 8.48. The van der Waals surface area contributed by atoms with E-state index in [-0.39, 0.29) is 26.0 Å². The highest BCUT2D eigenvalue weighted by molar-refractivity contribution is 7.91. The Morgan fingerprint density at radius 3 is 2.61 bits per heavy atom. The molecule has 0 aromatic heterocycles. The molecule has 5 amide bonds. The standard InChI is InChI=1S/C36H47N5O9S/c1-5-24-19-36(24,32(44)39-51(47,48)26-13-14-26)38-30(42)28-18-25-21-41(28)31(43)29(35(2,3)4)37-33(45)49-17-8-6-7-10-22-11-9-12-23-20-40(34(46)50-25)16-15-27(22)23/h5,7,9-12,24-26,28-29H,1,6,8,13-21H2,2-4H3,(H,37,45)(H,38,42)(H,39,44)/b10-7+/t24-,25-,28?,29-,36-/m1/s1. The average molecular weight is 726 g/mol. The molecule has 0 spiro atoms. The zero-order valence-electron chi connectivity index (χ0n) is 29.3. The van der Waals surface area contributed by atoms with Gasteiger partial charge in [0, 0.05) is 25.4 Å². The maximum absolute atomic E-state index is 14.3. The summed E-state index contributed by atoms with van der Waals surface area (Å²) >= 11 is 0. The van der Waals surface area contributed by atoms with Crippen LogP contribution in [0.25, 0.3) is 6.08 Å². The molecule has 51 heavy (non-hydrogen) atoms. The maximum Gasteiger partial charge on any atom is 0.410 e. The zero-order valence-corrected chi connectivity index (χ0v) is 30.1. The normalized spacial score (nSPS) is 29.3. The monoisotopic (exact) mass is 725 g/mol. The summed E-state index contributed by atoms with van der Waals surface area (Å²) in [6, 6.07) is 3.60. The summed E-state index contributed by atoms with van der Waals surface area (Å²) in [5.74, 6) is -2.72. The minimum Gasteiger partial charge on any atom is -0.450 e. The Kier molecular flexibility index (Phi) is 9.96. The Morgan fingerprint density at radius 1 is 1.16 bits per heavy atom. The van der Waals surface area contributed by atoms with E-state index in [0.717, 1.165) is 16.7 Å². The molecule has 3 fully saturated rings. The summed E-state index contributed by atoms with van der Waals surface area (Å²) in [7, 11) is -3.91. The third-order valence-electron chi connectivity index (χ3n) is 10.3. The number of allylic oxidation sites excluding steroid dienone is 1. The first-order chi connectivity index (χ1) is 24.1. The van der Waals surface area contributed by atoms with E-state index in [1.807, 2.05) is 30.4 Å². The molecule has 3 N–H and O–H groups in total. The third kappa shape index (κ3) is 7.77. The van der Waals surface area contributed by atoms with Crippen molar-refractivity contribution in [1.29, 1.82) is 0 Å². The van der Waals surface area contributed by atoms with Gasteiger partial charge in [-0.2, -0.15) is 0 Å². The van der Waals surface area contributed by atoms with Crippen molar-refractivity contribution in [3.63, 3.8) is 0 Å². The van der Waals surface area contributed by atoms with Gasteiger partial charge in [0.15, 0.2) is 0 Å². The predicted octanol–water partition coefficient (Wildman–Crippen LogP) is 2.77. The summed E-state index contributed by atoms with van der Waals surface area (Å²) < 4.78 is 38.8. The molecule has 6 aliphatic rings. The minimum atomic E-state index is -3.91. The van der Waals surface area contributed by atoms with Gasteiger partial charge in [-0.3, -0.25) is 19.1 Å². The molecule has 276 valence electrons. The third-order valence-corrected chi connectivity index (χ3v) is 12.2. The molecule has 4 aliphatic heterocycles. The molecule has 1 aromatic rings. The van der Waals surface area contributed by atoms with Crippen molar-refractivity contribution in [2.45, 2.75) is 101 Å². The maximum atomic E-state index is 14.3. The average Bonchev–Trinajstić information content (AvgIpc) is 4.00. The molecular formula is C36H47N5O9S. The van der Waals surface area contributed by atoms with Crippen LogP contribution < -0.4 is 15.4 Å². The second-order valence-electron chi connectivity index (χ2n) is 15.2. The number of nitrogens with zero attached hydrogens (tertiary/aromatic N) is 2. The van der Waals surface area contributed by atoms with Crippen molar-refractivity contribution in [2.24, 2.45) is 11.3 Å². The second kappa shape index (κ2) is 14.0. The van der Waals surface area contributed by atoms with Crippen LogP contribution in [0, 0.1) is 11.3 Å². The lowest BCUT2D eigenvalue weighted by molar-refractivity contribution is -0.142. The van der Waals surface area contributed by atoms with E-state index >= 15 is 0 Å².